The number of hydrogen-bond acceptors (Lipinski definition) is 6. The molecule has 1 aliphatic carbocycles. The average molecular weight is 372 g/mol. The molecule has 3 unspecified atom stereocenters. The van der Waals surface area contributed by atoms with Gasteiger partial charge in [0.05, 0.1) is 25.7 Å². The number of fused-ring (bicyclic) bond motifs is 1. The van der Waals surface area contributed by atoms with Crippen LogP contribution in [0.25, 0.3) is 0 Å². The topological polar surface area (TPSA) is 96.2 Å². The number of phenols is 1. The second-order valence-electron chi connectivity index (χ2n) is 7.06. The lowest BCUT2D eigenvalue weighted by Crippen LogP contribution is -2.43. The van der Waals surface area contributed by atoms with Crippen molar-refractivity contribution in [2.24, 2.45) is 5.92 Å². The van der Waals surface area contributed by atoms with Crippen LogP contribution in [0.4, 0.5) is 0 Å². The van der Waals surface area contributed by atoms with Gasteiger partial charge in [0.25, 0.3) is 0 Å². The minimum atomic E-state index is -0.862. The summed E-state index contributed by atoms with van der Waals surface area (Å²) in [6.07, 6.45) is 4.35. The monoisotopic (exact) mass is 372 g/mol. The van der Waals surface area contributed by atoms with E-state index in [0.717, 1.165) is 5.57 Å². The van der Waals surface area contributed by atoms with Crippen LogP contribution in [0.5, 0.6) is 11.5 Å². The van der Waals surface area contributed by atoms with Crippen molar-refractivity contribution < 1.29 is 29.6 Å². The molecule has 1 aromatic rings. The van der Waals surface area contributed by atoms with Crippen molar-refractivity contribution in [1.29, 1.82) is 0 Å². The number of hydrogen-bond donors (Lipinski definition) is 3. The number of benzene rings is 1. The van der Waals surface area contributed by atoms with Crippen molar-refractivity contribution in [3.63, 3.8) is 0 Å². The van der Waals surface area contributed by atoms with Crippen molar-refractivity contribution in [1.82, 2.24) is 0 Å². The average Bonchev–Trinajstić information content (AvgIpc) is 2.60. The molecule has 0 radical (unpaired) electrons. The Morgan fingerprint density at radius 3 is 2.70 bits per heavy atom. The lowest BCUT2D eigenvalue weighted by molar-refractivity contribution is -0.136. The maximum Gasteiger partial charge on any atom is 0.156 e. The van der Waals surface area contributed by atoms with E-state index in [1.807, 2.05) is 19.9 Å². The summed E-state index contributed by atoms with van der Waals surface area (Å²) in [5, 5.41) is 30.1. The van der Waals surface area contributed by atoms with Crippen LogP contribution >= 0.6 is 0 Å². The molecule has 27 heavy (non-hydrogen) atoms. The van der Waals surface area contributed by atoms with E-state index in [1.54, 1.807) is 12.1 Å². The zero-order valence-electron chi connectivity index (χ0n) is 15.6. The number of ether oxygens (including phenoxy) is 2. The molecule has 1 saturated heterocycles. The fourth-order valence-corrected chi connectivity index (χ4v) is 3.58. The van der Waals surface area contributed by atoms with Crippen molar-refractivity contribution in [3.8, 4) is 11.5 Å². The lowest BCUT2D eigenvalue weighted by atomic mass is 9.79. The molecule has 1 heterocycles. The van der Waals surface area contributed by atoms with E-state index in [4.69, 9.17) is 9.47 Å². The highest BCUT2D eigenvalue weighted by molar-refractivity contribution is 5.92. The van der Waals surface area contributed by atoms with Gasteiger partial charge < -0.3 is 24.8 Å². The molecule has 0 bridgehead atoms. The fraction of sp³-hybridized carbons (Fsp3) is 0.381. The number of phenolic OH excluding ortho intramolecular Hbond substituents is 1. The van der Waals surface area contributed by atoms with Crippen LogP contribution in [-0.2, 0) is 16.0 Å². The fourth-order valence-electron chi connectivity index (χ4n) is 3.58. The molecule has 3 N–H and O–H groups in total. The van der Waals surface area contributed by atoms with Crippen molar-refractivity contribution in [3.05, 3.63) is 58.6 Å². The Balaban J connectivity index is 1.99. The van der Waals surface area contributed by atoms with E-state index in [2.05, 4.69) is 0 Å². The standard InChI is InChI=1S/C21H24O6/c1-11(2)4-5-14-16(23)7-6-13(21(14)26-3)15-10-27-18-9-12(22)8-17(24)19(18)20(15)25/h4,6-9,15,18-19,22-24H,5,10H2,1-3H3. The molecule has 3 atom stereocenters. The number of methoxy groups -OCH3 is 1. The Morgan fingerprint density at radius 1 is 1.30 bits per heavy atom. The second kappa shape index (κ2) is 7.48. The largest absolute Gasteiger partial charge is 0.511 e. The molecular formula is C21H24O6. The zero-order valence-corrected chi connectivity index (χ0v) is 15.6. The van der Waals surface area contributed by atoms with E-state index < -0.39 is 17.9 Å². The summed E-state index contributed by atoms with van der Waals surface area (Å²) in [5.74, 6) is -1.49. The molecule has 0 spiro atoms. The number of allylic oxidation sites excluding steroid dienone is 3. The zero-order chi connectivity index (χ0) is 19.7. The van der Waals surface area contributed by atoms with E-state index in [9.17, 15) is 20.1 Å². The smallest absolute Gasteiger partial charge is 0.156 e. The predicted molar refractivity (Wildman–Crippen MR) is 100 cm³/mol. The SMILES string of the molecule is COc1c(C2COC3C=C(O)C=C(O)C3C2=O)ccc(O)c1CC=C(C)C. The number of aliphatic hydroxyl groups is 2. The first-order valence-electron chi connectivity index (χ1n) is 8.82. The molecule has 1 fully saturated rings. The summed E-state index contributed by atoms with van der Waals surface area (Å²) < 4.78 is 11.3. The number of rotatable bonds is 4. The summed E-state index contributed by atoms with van der Waals surface area (Å²) in [6, 6.07) is 3.21. The Labute approximate surface area is 158 Å². The van der Waals surface area contributed by atoms with Crippen molar-refractivity contribution in [2.45, 2.75) is 32.3 Å². The number of Topliss-reactive ketones (excluding diaryl/α,β-unsaturated/α-hetero) is 1. The van der Waals surface area contributed by atoms with Crippen LogP contribution in [0.2, 0.25) is 0 Å². The number of ketones is 1. The van der Waals surface area contributed by atoms with Gasteiger partial charge in [-0.25, -0.2) is 0 Å². The van der Waals surface area contributed by atoms with Gasteiger partial charge in [0.15, 0.2) is 5.78 Å². The van der Waals surface area contributed by atoms with Crippen LogP contribution in [0.1, 0.15) is 30.9 Å². The summed E-state index contributed by atoms with van der Waals surface area (Å²) in [6.45, 7) is 4.03. The molecule has 0 amide bonds. The van der Waals surface area contributed by atoms with Gasteiger partial charge >= 0.3 is 0 Å². The Bertz CT molecular complexity index is 844. The first-order valence-corrected chi connectivity index (χ1v) is 8.82. The van der Waals surface area contributed by atoms with E-state index >= 15 is 0 Å². The first-order chi connectivity index (χ1) is 12.8. The molecule has 6 heteroatoms. The Morgan fingerprint density at radius 2 is 2.04 bits per heavy atom. The summed E-state index contributed by atoms with van der Waals surface area (Å²) in [4.78, 5) is 13.1. The number of carbonyl (C=O) groups excluding carboxylic acids is 1. The van der Waals surface area contributed by atoms with Crippen LogP contribution < -0.4 is 4.74 Å². The summed E-state index contributed by atoms with van der Waals surface area (Å²) in [7, 11) is 1.50. The number of carbonyl (C=O) groups is 1. The molecule has 2 aliphatic rings. The third-order valence-electron chi connectivity index (χ3n) is 4.94. The van der Waals surface area contributed by atoms with Gasteiger partial charge in [-0.1, -0.05) is 17.7 Å². The molecule has 6 nitrogen and oxygen atoms in total. The second-order valence-corrected chi connectivity index (χ2v) is 7.06. The first kappa shape index (κ1) is 19.0. The number of aromatic hydroxyl groups is 1. The summed E-state index contributed by atoms with van der Waals surface area (Å²) >= 11 is 0. The quantitative estimate of drug-likeness (QED) is 0.701. The van der Waals surface area contributed by atoms with Crippen molar-refractivity contribution in [2.75, 3.05) is 13.7 Å². The van der Waals surface area contributed by atoms with Gasteiger partial charge in [0, 0.05) is 17.2 Å². The minimum Gasteiger partial charge on any atom is -0.511 e. The summed E-state index contributed by atoms with van der Waals surface area (Å²) in [5.41, 5.74) is 2.32. The van der Waals surface area contributed by atoms with Crippen molar-refractivity contribution >= 4 is 5.78 Å². The normalized spacial score (nSPS) is 24.6. The highest BCUT2D eigenvalue weighted by atomic mass is 16.5. The lowest BCUT2D eigenvalue weighted by Gasteiger charge is -2.35. The van der Waals surface area contributed by atoms with Gasteiger partial charge in [0.2, 0.25) is 0 Å². The third-order valence-corrected chi connectivity index (χ3v) is 4.94. The van der Waals surface area contributed by atoms with Crippen LogP contribution in [0.3, 0.4) is 0 Å². The van der Waals surface area contributed by atoms with Crippen LogP contribution in [0.15, 0.2) is 47.5 Å². The molecule has 1 aromatic carbocycles. The van der Waals surface area contributed by atoms with Gasteiger partial charge in [0.1, 0.15) is 28.9 Å². The maximum atomic E-state index is 13.1. The molecule has 3 rings (SSSR count). The van der Waals surface area contributed by atoms with Gasteiger partial charge in [-0.2, -0.15) is 0 Å². The van der Waals surface area contributed by atoms with Gasteiger partial charge in [-0.05, 0) is 32.4 Å². The highest BCUT2D eigenvalue weighted by Gasteiger charge is 2.44. The minimum absolute atomic E-state index is 0.0975. The number of aliphatic hydroxyl groups excluding tert-OH is 2. The van der Waals surface area contributed by atoms with Crippen LogP contribution in [-0.4, -0.2) is 40.9 Å². The molecule has 144 valence electrons. The van der Waals surface area contributed by atoms with Crippen LogP contribution in [0, 0.1) is 5.92 Å². The van der Waals surface area contributed by atoms with E-state index in [-0.39, 0.29) is 29.7 Å². The maximum absolute atomic E-state index is 13.1. The third kappa shape index (κ3) is 3.57. The molecule has 0 aromatic heterocycles. The van der Waals surface area contributed by atoms with Gasteiger partial charge in [-0.15, -0.1) is 0 Å². The molecular weight excluding hydrogens is 348 g/mol. The Hall–Kier alpha value is -2.73. The molecule has 0 saturated carbocycles. The van der Waals surface area contributed by atoms with E-state index in [0.29, 0.717) is 23.3 Å². The molecule has 1 aliphatic heterocycles. The highest BCUT2D eigenvalue weighted by Crippen LogP contribution is 2.42. The Kier molecular flexibility index (Phi) is 5.28. The predicted octanol–water partition coefficient (Wildman–Crippen LogP) is 3.47. The van der Waals surface area contributed by atoms with Gasteiger partial charge in [-0.3, -0.25) is 4.79 Å². The van der Waals surface area contributed by atoms with E-state index in [1.165, 1.54) is 19.3 Å².